The number of thiazole rings is 1. The number of ketones is 1. The minimum Gasteiger partial charge on any atom is -0.503 e. The Morgan fingerprint density at radius 1 is 1.33 bits per heavy atom. The number of aliphatic hydroxyl groups is 1. The molecule has 0 bridgehead atoms. The van der Waals surface area contributed by atoms with Crippen molar-refractivity contribution in [1.82, 2.24) is 9.88 Å². The van der Waals surface area contributed by atoms with Crippen molar-refractivity contribution < 1.29 is 19.4 Å². The van der Waals surface area contributed by atoms with Crippen molar-refractivity contribution in [3.63, 3.8) is 0 Å². The fourth-order valence-electron chi connectivity index (χ4n) is 3.97. The van der Waals surface area contributed by atoms with Crippen molar-refractivity contribution in [2.75, 3.05) is 13.2 Å². The molecule has 0 saturated carbocycles. The van der Waals surface area contributed by atoms with Gasteiger partial charge in [-0.2, -0.15) is 0 Å². The van der Waals surface area contributed by atoms with Gasteiger partial charge in [0.15, 0.2) is 5.76 Å². The minimum absolute atomic E-state index is 0.0307. The van der Waals surface area contributed by atoms with E-state index in [-0.39, 0.29) is 18.2 Å². The zero-order valence-electron chi connectivity index (χ0n) is 16.4. The summed E-state index contributed by atoms with van der Waals surface area (Å²) in [4.78, 5) is 32.6. The van der Waals surface area contributed by atoms with Crippen molar-refractivity contribution in [2.45, 2.75) is 38.8 Å². The zero-order valence-corrected chi connectivity index (χ0v) is 18.8. The van der Waals surface area contributed by atoms with Gasteiger partial charge in [-0.3, -0.25) is 9.59 Å². The monoisotopic (exact) mass is 466 g/mol. The van der Waals surface area contributed by atoms with Gasteiger partial charge in [0.1, 0.15) is 0 Å². The number of nitrogens with zero attached hydrogens (tertiary/aromatic N) is 2. The molecule has 1 amide bonds. The molecule has 2 aliphatic heterocycles. The number of rotatable bonds is 5. The number of carbonyl (C=O) groups is 2. The molecule has 30 heavy (non-hydrogen) atoms. The average molecular weight is 467 g/mol. The summed E-state index contributed by atoms with van der Waals surface area (Å²) in [5.41, 5.74) is 1.20. The molecule has 1 aromatic carbocycles. The third kappa shape index (κ3) is 3.75. The van der Waals surface area contributed by atoms with Gasteiger partial charge in [-0.1, -0.05) is 29.3 Å². The van der Waals surface area contributed by atoms with Crippen LogP contribution in [0.3, 0.4) is 0 Å². The Labute approximate surface area is 188 Å². The highest BCUT2D eigenvalue weighted by molar-refractivity contribution is 7.14. The summed E-state index contributed by atoms with van der Waals surface area (Å²) < 4.78 is 5.69. The molecule has 2 aliphatic rings. The molecule has 0 spiro atoms. The summed E-state index contributed by atoms with van der Waals surface area (Å²) in [6, 6.07) is 4.17. The molecule has 2 aromatic rings. The normalized spacial score (nSPS) is 21.7. The smallest absolute Gasteiger partial charge is 0.290 e. The fraction of sp³-hybridized carbons (Fsp3) is 0.381. The predicted molar refractivity (Wildman–Crippen MR) is 115 cm³/mol. The first-order valence-electron chi connectivity index (χ1n) is 9.57. The van der Waals surface area contributed by atoms with Crippen LogP contribution in [0.5, 0.6) is 0 Å². The van der Waals surface area contributed by atoms with Crippen LogP contribution < -0.4 is 0 Å². The maximum Gasteiger partial charge on any atom is 0.290 e. The van der Waals surface area contributed by atoms with E-state index in [2.05, 4.69) is 4.98 Å². The van der Waals surface area contributed by atoms with Crippen molar-refractivity contribution in [3.8, 4) is 0 Å². The van der Waals surface area contributed by atoms with Crippen molar-refractivity contribution >= 4 is 46.2 Å². The molecule has 4 rings (SSSR count). The minimum atomic E-state index is -0.786. The van der Waals surface area contributed by atoms with Crippen LogP contribution in [-0.2, 0) is 9.53 Å². The summed E-state index contributed by atoms with van der Waals surface area (Å²) in [6.45, 7) is 4.45. The molecule has 3 heterocycles. The molecule has 158 valence electrons. The predicted octanol–water partition coefficient (Wildman–Crippen LogP) is 4.82. The molecule has 2 unspecified atom stereocenters. The molecular weight excluding hydrogens is 447 g/mol. The topological polar surface area (TPSA) is 79.7 Å². The number of benzene rings is 1. The van der Waals surface area contributed by atoms with E-state index in [1.165, 1.54) is 16.2 Å². The standard InChI is InChI=1S/C21H20Cl2N2O4S/c1-10-20(30-11(2)24-10)18(26)16-17(12-5-6-14(22)15(23)8-12)25(21(28)19(16)27)9-13-4-3-7-29-13/h5-6,8,13,17,27H,3-4,7,9H2,1-2H3. The number of aliphatic hydroxyl groups excluding tert-OH is 1. The van der Waals surface area contributed by atoms with Crippen LogP contribution in [0.4, 0.5) is 0 Å². The van der Waals surface area contributed by atoms with Crippen molar-refractivity contribution in [1.29, 1.82) is 0 Å². The molecule has 1 saturated heterocycles. The molecule has 0 radical (unpaired) electrons. The van der Waals surface area contributed by atoms with E-state index in [0.29, 0.717) is 32.8 Å². The number of hydrogen-bond acceptors (Lipinski definition) is 6. The van der Waals surface area contributed by atoms with Crippen LogP contribution in [0.1, 0.15) is 44.8 Å². The largest absolute Gasteiger partial charge is 0.503 e. The third-order valence-corrected chi connectivity index (χ3v) is 7.15. The number of Topliss-reactive ketones (excluding diaryl/α,β-unsaturated/α-hetero) is 1. The number of ether oxygens (including phenoxy) is 1. The number of aromatic nitrogens is 1. The number of hydrogen-bond donors (Lipinski definition) is 1. The first-order valence-corrected chi connectivity index (χ1v) is 11.1. The molecule has 9 heteroatoms. The summed E-state index contributed by atoms with van der Waals surface area (Å²) >= 11 is 13.5. The number of amides is 1. The van der Waals surface area contributed by atoms with E-state index >= 15 is 0 Å². The Morgan fingerprint density at radius 3 is 2.70 bits per heavy atom. The first-order chi connectivity index (χ1) is 14.3. The van der Waals surface area contributed by atoms with E-state index in [1.54, 1.807) is 25.1 Å². The summed E-state index contributed by atoms with van der Waals surface area (Å²) in [5.74, 6) is -1.54. The molecule has 2 atom stereocenters. The van der Waals surface area contributed by atoms with Gasteiger partial charge >= 0.3 is 0 Å². The van der Waals surface area contributed by atoms with Crippen LogP contribution in [0.2, 0.25) is 10.0 Å². The maximum atomic E-state index is 13.4. The number of carbonyl (C=O) groups excluding carboxylic acids is 2. The number of halogens is 2. The Balaban J connectivity index is 1.80. The van der Waals surface area contributed by atoms with Crippen LogP contribution >= 0.6 is 34.5 Å². The molecular formula is C21H20Cl2N2O4S. The second-order valence-corrected chi connectivity index (χ2v) is 9.43. The second kappa shape index (κ2) is 8.30. The molecule has 1 fully saturated rings. The summed E-state index contributed by atoms with van der Waals surface area (Å²) in [5, 5.41) is 12.2. The molecule has 0 aliphatic carbocycles. The van der Waals surface area contributed by atoms with Gasteiger partial charge in [0, 0.05) is 13.2 Å². The highest BCUT2D eigenvalue weighted by Crippen LogP contribution is 2.42. The van der Waals surface area contributed by atoms with Gasteiger partial charge in [0.05, 0.1) is 43.3 Å². The Kier molecular flexibility index (Phi) is 5.90. The van der Waals surface area contributed by atoms with Gasteiger partial charge in [0.2, 0.25) is 5.78 Å². The van der Waals surface area contributed by atoms with Gasteiger partial charge in [-0.05, 0) is 44.4 Å². The van der Waals surface area contributed by atoms with Gasteiger partial charge in [-0.25, -0.2) is 4.98 Å². The van der Waals surface area contributed by atoms with Crippen LogP contribution in [-0.4, -0.2) is 45.9 Å². The van der Waals surface area contributed by atoms with Gasteiger partial charge in [0.25, 0.3) is 5.91 Å². The van der Waals surface area contributed by atoms with Gasteiger partial charge in [-0.15, -0.1) is 11.3 Å². The van der Waals surface area contributed by atoms with Crippen molar-refractivity contribution in [3.05, 3.63) is 60.7 Å². The zero-order chi connectivity index (χ0) is 21.6. The van der Waals surface area contributed by atoms with Crippen LogP contribution in [0.15, 0.2) is 29.5 Å². The lowest BCUT2D eigenvalue weighted by Crippen LogP contribution is -2.37. The summed E-state index contributed by atoms with van der Waals surface area (Å²) in [6.07, 6.45) is 1.58. The van der Waals surface area contributed by atoms with Crippen molar-refractivity contribution in [2.24, 2.45) is 0 Å². The maximum absolute atomic E-state index is 13.4. The molecule has 1 N–H and O–H groups in total. The molecule has 1 aromatic heterocycles. The highest BCUT2D eigenvalue weighted by atomic mass is 35.5. The van der Waals surface area contributed by atoms with Crippen LogP contribution in [0, 0.1) is 13.8 Å². The van der Waals surface area contributed by atoms with E-state index in [9.17, 15) is 14.7 Å². The van der Waals surface area contributed by atoms with E-state index in [1.807, 2.05) is 6.92 Å². The third-order valence-electron chi connectivity index (χ3n) is 5.34. The number of aryl methyl sites for hydroxylation is 2. The van der Waals surface area contributed by atoms with E-state index in [4.69, 9.17) is 27.9 Å². The quantitative estimate of drug-likeness (QED) is 0.638. The highest BCUT2D eigenvalue weighted by Gasteiger charge is 2.45. The lowest BCUT2D eigenvalue weighted by atomic mass is 9.95. The van der Waals surface area contributed by atoms with E-state index in [0.717, 1.165) is 17.8 Å². The van der Waals surface area contributed by atoms with E-state index < -0.39 is 23.5 Å². The Morgan fingerprint density at radius 2 is 2.10 bits per heavy atom. The van der Waals surface area contributed by atoms with Crippen LogP contribution in [0.25, 0.3) is 0 Å². The first kappa shape index (κ1) is 21.3. The Bertz CT molecular complexity index is 1060. The SMILES string of the molecule is Cc1nc(C)c(C(=O)C2=C(O)C(=O)N(CC3CCCO3)C2c2ccc(Cl)c(Cl)c2)s1. The lowest BCUT2D eigenvalue weighted by molar-refractivity contribution is -0.131. The average Bonchev–Trinajstić information content (AvgIpc) is 3.39. The van der Waals surface area contributed by atoms with Gasteiger partial charge < -0.3 is 14.7 Å². The Hall–Kier alpha value is -1.93. The lowest BCUT2D eigenvalue weighted by Gasteiger charge is -2.29. The second-order valence-electron chi connectivity index (χ2n) is 7.41. The molecule has 6 nitrogen and oxygen atoms in total. The summed E-state index contributed by atoms with van der Waals surface area (Å²) in [7, 11) is 0. The fourth-order valence-corrected chi connectivity index (χ4v) is 5.16.